The van der Waals surface area contributed by atoms with E-state index in [-0.39, 0.29) is 18.6 Å². The molecule has 6 nitrogen and oxygen atoms in total. The Kier molecular flexibility index (Phi) is 6.77. The van der Waals surface area contributed by atoms with Crippen LogP contribution in [-0.4, -0.2) is 60.9 Å². The van der Waals surface area contributed by atoms with Crippen molar-refractivity contribution in [2.45, 2.75) is 24.7 Å². The molecule has 2 aromatic rings. The van der Waals surface area contributed by atoms with Crippen molar-refractivity contribution in [3.05, 3.63) is 71.3 Å². The van der Waals surface area contributed by atoms with Crippen LogP contribution in [0.15, 0.2) is 54.6 Å². The number of rotatable bonds is 7. The molecule has 0 spiro atoms. The molecule has 0 aliphatic carbocycles. The molecule has 1 heterocycles. The molecule has 1 saturated heterocycles. The second-order valence-corrected chi connectivity index (χ2v) is 7.13. The summed E-state index contributed by atoms with van der Waals surface area (Å²) in [5.74, 6) is -0.282. The molecule has 3 atom stereocenters. The van der Waals surface area contributed by atoms with Crippen molar-refractivity contribution in [3.8, 4) is 6.07 Å². The summed E-state index contributed by atoms with van der Waals surface area (Å²) >= 11 is 0. The lowest BCUT2D eigenvalue weighted by atomic mass is 10.1. The molecule has 1 amide bonds. The number of ether oxygens (including phenoxy) is 1. The van der Waals surface area contributed by atoms with Crippen molar-refractivity contribution in [2.75, 3.05) is 26.7 Å². The van der Waals surface area contributed by atoms with E-state index in [1.807, 2.05) is 31.3 Å². The van der Waals surface area contributed by atoms with E-state index in [9.17, 15) is 9.90 Å². The van der Waals surface area contributed by atoms with Gasteiger partial charge in [0.05, 0.1) is 30.4 Å². The van der Waals surface area contributed by atoms with Crippen LogP contribution < -0.4 is 5.32 Å². The highest BCUT2D eigenvalue weighted by Crippen LogP contribution is 2.16. The third-order valence-electron chi connectivity index (χ3n) is 4.99. The number of hydrogen-bond acceptors (Lipinski definition) is 5. The van der Waals surface area contributed by atoms with Gasteiger partial charge in [0.15, 0.2) is 0 Å². The topological polar surface area (TPSA) is 85.6 Å². The largest absolute Gasteiger partial charge is 0.388 e. The van der Waals surface area contributed by atoms with E-state index in [2.05, 4.69) is 22.3 Å². The van der Waals surface area contributed by atoms with Gasteiger partial charge in [-0.05, 0) is 43.3 Å². The number of amides is 1. The van der Waals surface area contributed by atoms with E-state index in [0.29, 0.717) is 17.7 Å². The predicted molar refractivity (Wildman–Crippen MR) is 106 cm³/mol. The number of nitrogens with one attached hydrogen (secondary N) is 1. The average Bonchev–Trinajstić information content (AvgIpc) is 3.06. The van der Waals surface area contributed by atoms with Crippen molar-refractivity contribution in [3.63, 3.8) is 0 Å². The first-order valence-electron chi connectivity index (χ1n) is 9.40. The van der Waals surface area contributed by atoms with E-state index < -0.39 is 12.1 Å². The van der Waals surface area contributed by atoms with Crippen LogP contribution >= 0.6 is 0 Å². The van der Waals surface area contributed by atoms with Gasteiger partial charge < -0.3 is 20.1 Å². The number of benzene rings is 2. The minimum atomic E-state index is -0.762. The summed E-state index contributed by atoms with van der Waals surface area (Å²) in [5, 5.41) is 22.2. The zero-order chi connectivity index (χ0) is 19.9. The lowest BCUT2D eigenvalue weighted by molar-refractivity contribution is 0.0203. The van der Waals surface area contributed by atoms with Crippen LogP contribution in [0.4, 0.5) is 0 Å². The Bertz CT molecular complexity index is 817. The number of aliphatic hydroxyl groups excluding tert-OH is 1. The van der Waals surface area contributed by atoms with Gasteiger partial charge in [-0.2, -0.15) is 5.26 Å². The molecule has 2 aromatic carbocycles. The minimum Gasteiger partial charge on any atom is -0.388 e. The van der Waals surface area contributed by atoms with Crippen LogP contribution in [0.1, 0.15) is 21.5 Å². The Morgan fingerprint density at radius 1 is 1.25 bits per heavy atom. The smallest absolute Gasteiger partial charge is 0.251 e. The van der Waals surface area contributed by atoms with E-state index >= 15 is 0 Å². The molecule has 28 heavy (non-hydrogen) atoms. The van der Waals surface area contributed by atoms with Crippen molar-refractivity contribution < 1.29 is 14.6 Å². The third kappa shape index (κ3) is 5.17. The Morgan fingerprint density at radius 3 is 2.64 bits per heavy atom. The first-order chi connectivity index (χ1) is 13.6. The maximum Gasteiger partial charge on any atom is 0.251 e. The predicted octanol–water partition coefficient (Wildman–Crippen LogP) is 1.59. The van der Waals surface area contributed by atoms with Crippen LogP contribution in [0, 0.1) is 11.3 Å². The van der Waals surface area contributed by atoms with E-state index in [0.717, 1.165) is 13.0 Å². The first-order valence-corrected chi connectivity index (χ1v) is 9.40. The highest BCUT2D eigenvalue weighted by molar-refractivity contribution is 5.94. The SMILES string of the molecule is CN(CCc1ccccc1)C[C@@H]1OC[C@H](NC(=O)c2ccc(C#N)cc2)[C@H]1O. The fourth-order valence-electron chi connectivity index (χ4n) is 3.28. The van der Waals surface area contributed by atoms with Gasteiger partial charge in [-0.1, -0.05) is 30.3 Å². The number of nitriles is 1. The maximum absolute atomic E-state index is 12.4. The lowest BCUT2D eigenvalue weighted by Gasteiger charge is -2.24. The number of hydrogen-bond donors (Lipinski definition) is 2. The van der Waals surface area contributed by atoms with Gasteiger partial charge >= 0.3 is 0 Å². The van der Waals surface area contributed by atoms with Gasteiger partial charge in [-0.15, -0.1) is 0 Å². The Morgan fingerprint density at radius 2 is 1.96 bits per heavy atom. The molecule has 6 heteroatoms. The van der Waals surface area contributed by atoms with Crippen molar-refractivity contribution in [2.24, 2.45) is 0 Å². The van der Waals surface area contributed by atoms with Crippen molar-refractivity contribution in [1.82, 2.24) is 10.2 Å². The van der Waals surface area contributed by atoms with Crippen LogP contribution in [-0.2, 0) is 11.2 Å². The summed E-state index contributed by atoms with van der Waals surface area (Å²) in [4.78, 5) is 14.5. The van der Waals surface area contributed by atoms with Gasteiger partial charge in [-0.25, -0.2) is 0 Å². The summed E-state index contributed by atoms with van der Waals surface area (Å²) in [7, 11) is 2.00. The Hall–Kier alpha value is -2.72. The summed E-state index contributed by atoms with van der Waals surface area (Å²) in [6, 6.07) is 18.2. The Labute approximate surface area is 165 Å². The van der Waals surface area contributed by atoms with Crippen LogP contribution in [0.25, 0.3) is 0 Å². The normalized spacial score (nSPS) is 21.4. The van der Waals surface area contributed by atoms with Gasteiger partial charge in [0, 0.05) is 18.7 Å². The molecule has 2 N–H and O–H groups in total. The standard InChI is InChI=1S/C22H25N3O3/c1-25(12-11-16-5-3-2-4-6-16)14-20-21(26)19(15-28-20)24-22(27)18-9-7-17(13-23)8-10-18/h2-10,19-21,26H,11-12,14-15H2,1H3,(H,24,27)/t19-,20-,21+/m0/s1. The van der Waals surface area contributed by atoms with Crippen LogP contribution in [0.5, 0.6) is 0 Å². The van der Waals surface area contributed by atoms with Crippen molar-refractivity contribution >= 4 is 5.91 Å². The molecule has 0 radical (unpaired) electrons. The minimum absolute atomic E-state index is 0.278. The molecule has 1 aliphatic heterocycles. The molecule has 0 bridgehead atoms. The molecule has 3 rings (SSSR count). The lowest BCUT2D eigenvalue weighted by Crippen LogP contribution is -2.46. The highest BCUT2D eigenvalue weighted by atomic mass is 16.5. The fraction of sp³-hybridized carbons (Fsp3) is 0.364. The first kappa shape index (κ1) is 20.0. The van der Waals surface area contributed by atoms with Crippen molar-refractivity contribution in [1.29, 1.82) is 5.26 Å². The number of carbonyl (C=O) groups excluding carboxylic acids is 1. The molecular formula is C22H25N3O3. The number of nitrogens with zero attached hydrogens (tertiary/aromatic N) is 2. The van der Waals surface area contributed by atoms with E-state index in [1.165, 1.54) is 5.56 Å². The van der Waals surface area contributed by atoms with Crippen LogP contribution in [0.2, 0.25) is 0 Å². The van der Waals surface area contributed by atoms with Gasteiger partial charge in [0.2, 0.25) is 0 Å². The molecule has 1 aliphatic rings. The molecule has 0 unspecified atom stereocenters. The average molecular weight is 379 g/mol. The van der Waals surface area contributed by atoms with Gasteiger partial charge in [-0.3, -0.25) is 4.79 Å². The zero-order valence-electron chi connectivity index (χ0n) is 15.9. The highest BCUT2D eigenvalue weighted by Gasteiger charge is 2.37. The molecular weight excluding hydrogens is 354 g/mol. The molecule has 146 valence electrons. The second-order valence-electron chi connectivity index (χ2n) is 7.13. The summed E-state index contributed by atoms with van der Waals surface area (Å²) < 4.78 is 5.72. The number of likely N-dealkylation sites (N-methyl/N-ethyl adjacent to an activating group) is 1. The zero-order valence-corrected chi connectivity index (χ0v) is 15.9. The molecule has 0 aromatic heterocycles. The Balaban J connectivity index is 1.47. The summed E-state index contributed by atoms with van der Waals surface area (Å²) in [6.45, 7) is 1.73. The van der Waals surface area contributed by atoms with E-state index in [4.69, 9.17) is 10.00 Å². The van der Waals surface area contributed by atoms with Crippen LogP contribution in [0.3, 0.4) is 0 Å². The van der Waals surface area contributed by atoms with E-state index in [1.54, 1.807) is 24.3 Å². The monoisotopic (exact) mass is 379 g/mol. The molecule has 0 saturated carbocycles. The summed E-state index contributed by atoms with van der Waals surface area (Å²) in [6.07, 6.45) is -0.174. The quantitative estimate of drug-likeness (QED) is 0.763. The molecule has 1 fully saturated rings. The van der Waals surface area contributed by atoms with Gasteiger partial charge in [0.1, 0.15) is 6.10 Å². The van der Waals surface area contributed by atoms with Gasteiger partial charge in [0.25, 0.3) is 5.91 Å². The fourth-order valence-corrected chi connectivity index (χ4v) is 3.28. The third-order valence-corrected chi connectivity index (χ3v) is 4.99. The summed E-state index contributed by atoms with van der Waals surface area (Å²) in [5.41, 5.74) is 2.23. The number of aliphatic hydroxyl groups is 1. The maximum atomic E-state index is 12.4. The number of carbonyl (C=O) groups is 1. The second kappa shape index (κ2) is 9.47.